The van der Waals surface area contributed by atoms with Crippen molar-refractivity contribution in [2.75, 3.05) is 41.4 Å². The van der Waals surface area contributed by atoms with E-state index in [1.807, 2.05) is 30.3 Å². The highest BCUT2D eigenvalue weighted by Crippen LogP contribution is 2.34. The number of thioether (sulfide) groups is 1. The Balaban J connectivity index is 1.22. The van der Waals surface area contributed by atoms with E-state index in [-0.39, 0.29) is 28.7 Å². The van der Waals surface area contributed by atoms with Crippen molar-refractivity contribution in [2.45, 2.75) is 24.6 Å². The Labute approximate surface area is 193 Å². The molecule has 0 spiro atoms. The summed E-state index contributed by atoms with van der Waals surface area (Å²) in [6.45, 7) is 4.55. The molecule has 7 nitrogen and oxygen atoms in total. The van der Waals surface area contributed by atoms with Gasteiger partial charge in [0.2, 0.25) is 0 Å². The van der Waals surface area contributed by atoms with Crippen LogP contribution in [0.15, 0.2) is 59.6 Å². The average Bonchev–Trinajstić information content (AvgIpc) is 3.27. The molecule has 1 saturated heterocycles. The normalized spacial score (nSPS) is 21.0. The summed E-state index contributed by atoms with van der Waals surface area (Å²) < 4.78 is 23.4. The lowest BCUT2D eigenvalue weighted by Gasteiger charge is -2.23. The Hall–Kier alpha value is -2.52. The smallest absolute Gasteiger partial charge is 0.251 e. The summed E-state index contributed by atoms with van der Waals surface area (Å²) in [5.74, 6) is 0.236. The van der Waals surface area contributed by atoms with Crippen molar-refractivity contribution < 1.29 is 13.2 Å². The van der Waals surface area contributed by atoms with Crippen LogP contribution in [0.3, 0.4) is 0 Å². The number of nitrogens with one attached hydrogen (secondary N) is 2. The Kier molecular flexibility index (Phi) is 7.05. The number of fused-ring (bicyclic) bond motifs is 1. The van der Waals surface area contributed by atoms with Gasteiger partial charge in [-0.3, -0.25) is 9.79 Å². The summed E-state index contributed by atoms with van der Waals surface area (Å²) in [5, 5.41) is 6.97. The van der Waals surface area contributed by atoms with Gasteiger partial charge in [0.1, 0.15) is 0 Å². The topological polar surface area (TPSA) is 90.9 Å². The number of carbonyl (C=O) groups is 1. The van der Waals surface area contributed by atoms with E-state index < -0.39 is 9.84 Å². The summed E-state index contributed by atoms with van der Waals surface area (Å²) >= 11 is 1.48. The van der Waals surface area contributed by atoms with Crippen molar-refractivity contribution in [1.29, 1.82) is 0 Å². The molecule has 2 heterocycles. The van der Waals surface area contributed by atoms with Crippen molar-refractivity contribution >= 4 is 44.0 Å². The average molecular weight is 473 g/mol. The SMILES string of the molecule is CCN(CCCNC(=O)c1ccc(NC2=N[C@H]3CS(=O)(=O)C[C@H]3S2)cc1)c1ccccc1. The minimum atomic E-state index is -2.95. The standard InChI is InChI=1S/C23H28N4O3S2/c1-2-27(19-7-4-3-5-8-19)14-6-13-24-22(28)17-9-11-18(12-10-17)25-23-26-20-15-32(29,30)16-21(20)31-23/h3-5,7-12,20-21H,2,6,13-16H2,1H3,(H,24,28)(H,25,26)/t20-,21+/m0/s1. The predicted molar refractivity (Wildman–Crippen MR) is 133 cm³/mol. The number of rotatable bonds is 8. The summed E-state index contributed by atoms with van der Waals surface area (Å²) in [6.07, 6.45) is 0.864. The van der Waals surface area contributed by atoms with E-state index in [0.717, 1.165) is 30.4 Å². The lowest BCUT2D eigenvalue weighted by atomic mass is 10.2. The number of nitrogens with zero attached hydrogens (tertiary/aromatic N) is 2. The fraction of sp³-hybridized carbons (Fsp3) is 0.391. The van der Waals surface area contributed by atoms with Crippen LogP contribution in [0.25, 0.3) is 0 Å². The van der Waals surface area contributed by atoms with E-state index in [2.05, 4.69) is 39.6 Å². The van der Waals surface area contributed by atoms with Crippen LogP contribution in [0.4, 0.5) is 11.4 Å². The maximum absolute atomic E-state index is 12.4. The molecule has 2 aliphatic heterocycles. The highest BCUT2D eigenvalue weighted by Gasteiger charge is 2.42. The zero-order valence-electron chi connectivity index (χ0n) is 18.0. The van der Waals surface area contributed by atoms with Gasteiger partial charge >= 0.3 is 0 Å². The third-order valence-electron chi connectivity index (χ3n) is 5.61. The lowest BCUT2D eigenvalue weighted by Crippen LogP contribution is -2.29. The molecular weight excluding hydrogens is 444 g/mol. The molecule has 32 heavy (non-hydrogen) atoms. The summed E-state index contributed by atoms with van der Waals surface area (Å²) in [4.78, 5) is 19.2. The highest BCUT2D eigenvalue weighted by atomic mass is 32.2. The number of anilines is 2. The zero-order valence-corrected chi connectivity index (χ0v) is 19.7. The molecule has 2 aromatic rings. The van der Waals surface area contributed by atoms with Gasteiger partial charge in [0.25, 0.3) is 5.91 Å². The van der Waals surface area contributed by atoms with Crippen LogP contribution in [0.2, 0.25) is 0 Å². The number of amidine groups is 1. The van der Waals surface area contributed by atoms with Gasteiger partial charge in [0, 0.05) is 41.8 Å². The van der Waals surface area contributed by atoms with E-state index in [1.54, 1.807) is 12.1 Å². The largest absolute Gasteiger partial charge is 0.372 e. The minimum absolute atomic E-state index is 0.0121. The van der Waals surface area contributed by atoms with Crippen LogP contribution in [0.1, 0.15) is 23.7 Å². The second kappa shape index (κ2) is 9.95. The van der Waals surface area contributed by atoms with Crippen LogP contribution in [0, 0.1) is 0 Å². The monoisotopic (exact) mass is 472 g/mol. The molecular formula is C23H28N4O3S2. The lowest BCUT2D eigenvalue weighted by molar-refractivity contribution is 0.0953. The molecule has 1 amide bonds. The first kappa shape index (κ1) is 22.7. The third kappa shape index (κ3) is 5.63. The number of hydrogen-bond acceptors (Lipinski definition) is 7. The third-order valence-corrected chi connectivity index (χ3v) is 8.75. The number of carbonyl (C=O) groups excluding carboxylic acids is 1. The van der Waals surface area contributed by atoms with Gasteiger partial charge in [-0.15, -0.1) is 0 Å². The first-order valence-corrected chi connectivity index (χ1v) is 13.5. The van der Waals surface area contributed by atoms with Gasteiger partial charge in [-0.05, 0) is 49.7 Å². The Morgan fingerprint density at radius 1 is 1.12 bits per heavy atom. The summed E-state index contributed by atoms with van der Waals surface area (Å²) in [6, 6.07) is 17.4. The number of hydrogen-bond donors (Lipinski definition) is 2. The van der Waals surface area contributed by atoms with E-state index in [4.69, 9.17) is 0 Å². The van der Waals surface area contributed by atoms with E-state index in [0.29, 0.717) is 12.1 Å². The Morgan fingerprint density at radius 2 is 1.88 bits per heavy atom. The zero-order chi connectivity index (χ0) is 22.6. The quantitative estimate of drug-likeness (QED) is 0.574. The molecule has 4 rings (SSSR count). The minimum Gasteiger partial charge on any atom is -0.372 e. The molecule has 0 unspecified atom stereocenters. The first-order valence-electron chi connectivity index (χ1n) is 10.8. The van der Waals surface area contributed by atoms with Gasteiger partial charge < -0.3 is 15.5 Å². The second-order valence-electron chi connectivity index (χ2n) is 7.96. The van der Waals surface area contributed by atoms with Gasteiger partial charge in [-0.25, -0.2) is 8.42 Å². The van der Waals surface area contributed by atoms with Gasteiger partial charge in [-0.1, -0.05) is 30.0 Å². The van der Waals surface area contributed by atoms with Gasteiger partial charge in [0.05, 0.1) is 17.5 Å². The molecule has 0 aromatic heterocycles. The number of sulfone groups is 1. The molecule has 2 atom stereocenters. The fourth-order valence-electron chi connectivity index (χ4n) is 3.93. The molecule has 2 aromatic carbocycles. The van der Waals surface area contributed by atoms with E-state index >= 15 is 0 Å². The van der Waals surface area contributed by atoms with Crippen LogP contribution in [0.5, 0.6) is 0 Å². The molecule has 1 fully saturated rings. The van der Waals surface area contributed by atoms with Gasteiger partial charge in [-0.2, -0.15) is 0 Å². The van der Waals surface area contributed by atoms with Crippen molar-refractivity contribution in [2.24, 2.45) is 4.99 Å². The molecule has 2 aliphatic rings. The van der Waals surface area contributed by atoms with Crippen LogP contribution < -0.4 is 15.5 Å². The predicted octanol–water partition coefficient (Wildman–Crippen LogP) is 3.01. The summed E-state index contributed by atoms with van der Waals surface area (Å²) in [7, 11) is -2.95. The number of para-hydroxylation sites is 1. The van der Waals surface area contributed by atoms with Crippen molar-refractivity contribution in [3.05, 3.63) is 60.2 Å². The molecule has 170 valence electrons. The van der Waals surface area contributed by atoms with Crippen LogP contribution >= 0.6 is 11.8 Å². The molecule has 2 N–H and O–H groups in total. The van der Waals surface area contributed by atoms with Crippen molar-refractivity contribution in [3.8, 4) is 0 Å². The Bertz CT molecular complexity index is 1070. The van der Waals surface area contributed by atoms with Crippen LogP contribution in [-0.4, -0.2) is 61.9 Å². The van der Waals surface area contributed by atoms with Crippen LogP contribution in [-0.2, 0) is 9.84 Å². The van der Waals surface area contributed by atoms with Crippen molar-refractivity contribution in [3.63, 3.8) is 0 Å². The second-order valence-corrected chi connectivity index (χ2v) is 11.3. The molecule has 9 heteroatoms. The van der Waals surface area contributed by atoms with Crippen molar-refractivity contribution in [1.82, 2.24) is 5.32 Å². The number of amides is 1. The molecule has 0 saturated carbocycles. The molecule has 0 bridgehead atoms. The number of benzene rings is 2. The fourth-order valence-corrected chi connectivity index (χ4v) is 7.60. The highest BCUT2D eigenvalue weighted by molar-refractivity contribution is 8.15. The first-order chi connectivity index (χ1) is 15.4. The summed E-state index contributed by atoms with van der Waals surface area (Å²) in [5.41, 5.74) is 2.63. The molecule has 0 aliphatic carbocycles. The molecule has 0 radical (unpaired) electrons. The maximum Gasteiger partial charge on any atom is 0.251 e. The van der Waals surface area contributed by atoms with Gasteiger partial charge in [0.15, 0.2) is 15.0 Å². The Morgan fingerprint density at radius 3 is 2.56 bits per heavy atom. The number of aliphatic imine (C=N–C) groups is 1. The van der Waals surface area contributed by atoms with E-state index in [9.17, 15) is 13.2 Å². The van der Waals surface area contributed by atoms with E-state index in [1.165, 1.54) is 17.4 Å². The maximum atomic E-state index is 12.4.